The molecule has 2 aromatic heterocycles. The fourth-order valence-corrected chi connectivity index (χ4v) is 3.05. The third kappa shape index (κ3) is 4.67. The second-order valence-corrected chi connectivity index (χ2v) is 6.62. The maximum atomic E-state index is 13.3. The van der Waals surface area contributed by atoms with Crippen LogP contribution in [-0.2, 0) is 17.8 Å². The summed E-state index contributed by atoms with van der Waals surface area (Å²) in [5, 5.41) is 12.0. The number of aryl methyl sites for hydroxylation is 1. The normalized spacial score (nSPS) is 10.8. The number of rotatable bonds is 6. The van der Waals surface area contributed by atoms with Gasteiger partial charge in [-0.15, -0.1) is 0 Å². The molecule has 0 aliphatic carbocycles. The number of aliphatic hydroxyl groups excluding tert-OH is 1. The highest BCUT2D eigenvalue weighted by Gasteiger charge is 2.18. The Bertz CT molecular complexity index is 1100. The summed E-state index contributed by atoms with van der Waals surface area (Å²) in [6.45, 7) is 1.08. The van der Waals surface area contributed by atoms with E-state index in [-0.39, 0.29) is 30.5 Å². The van der Waals surface area contributed by atoms with E-state index in [1.807, 2.05) is 0 Å². The molecule has 0 aliphatic rings. The van der Waals surface area contributed by atoms with Gasteiger partial charge < -0.3 is 10.4 Å². The predicted molar refractivity (Wildman–Crippen MR) is 107 cm³/mol. The number of nitrogens with one attached hydrogen (secondary N) is 1. The minimum atomic E-state index is -0.508. The lowest BCUT2D eigenvalue weighted by Crippen LogP contribution is -2.33. The van der Waals surface area contributed by atoms with Crippen LogP contribution in [-0.4, -0.2) is 32.2 Å². The highest BCUT2D eigenvalue weighted by atomic mass is 35.5. The van der Waals surface area contributed by atoms with E-state index in [0.717, 1.165) is 0 Å². The number of anilines is 1. The number of halogens is 2. The van der Waals surface area contributed by atoms with Crippen LogP contribution in [0.3, 0.4) is 0 Å². The van der Waals surface area contributed by atoms with E-state index in [1.54, 1.807) is 19.1 Å². The quantitative estimate of drug-likeness (QED) is 0.602. The molecule has 0 saturated heterocycles. The van der Waals surface area contributed by atoms with E-state index >= 15 is 0 Å². The Morgan fingerprint density at radius 2 is 2.00 bits per heavy atom. The van der Waals surface area contributed by atoms with Gasteiger partial charge in [-0.25, -0.2) is 14.4 Å². The van der Waals surface area contributed by atoms with Gasteiger partial charge in [0.15, 0.2) is 5.15 Å². The number of carbonyl (C=O) groups excluding carboxylic acids is 1. The molecule has 0 atom stereocenters. The number of hydrogen-bond acceptors (Lipinski definition) is 5. The van der Waals surface area contributed by atoms with Gasteiger partial charge in [0.1, 0.15) is 18.2 Å². The molecule has 3 rings (SSSR count). The number of pyridine rings is 1. The maximum Gasteiger partial charge on any atom is 0.257 e. The molecule has 0 saturated carbocycles. The highest BCUT2D eigenvalue weighted by Crippen LogP contribution is 2.20. The van der Waals surface area contributed by atoms with Crippen LogP contribution in [0.5, 0.6) is 0 Å². The Labute approximate surface area is 170 Å². The van der Waals surface area contributed by atoms with Gasteiger partial charge in [0.2, 0.25) is 5.91 Å². The molecule has 7 nitrogen and oxygen atoms in total. The average molecular weight is 417 g/mol. The number of benzene rings is 1. The van der Waals surface area contributed by atoms with Crippen molar-refractivity contribution in [1.82, 2.24) is 14.5 Å². The fraction of sp³-hybridized carbons (Fsp3) is 0.200. The van der Waals surface area contributed by atoms with E-state index < -0.39 is 17.3 Å². The second kappa shape index (κ2) is 8.93. The number of nitrogens with zero attached hydrogens (tertiary/aromatic N) is 3. The van der Waals surface area contributed by atoms with Crippen molar-refractivity contribution in [3.63, 3.8) is 0 Å². The molecule has 0 fully saturated rings. The van der Waals surface area contributed by atoms with Crippen LogP contribution in [0.1, 0.15) is 11.3 Å². The van der Waals surface area contributed by atoms with Gasteiger partial charge in [-0.05, 0) is 43.3 Å². The van der Waals surface area contributed by atoms with E-state index in [9.17, 15) is 19.1 Å². The van der Waals surface area contributed by atoms with Gasteiger partial charge in [0.25, 0.3) is 5.56 Å². The van der Waals surface area contributed by atoms with Crippen molar-refractivity contribution in [2.75, 3.05) is 11.9 Å². The smallest absolute Gasteiger partial charge is 0.257 e. The molecule has 2 N–H and O–H groups in total. The molecular weight excluding hydrogens is 399 g/mol. The van der Waals surface area contributed by atoms with Crippen molar-refractivity contribution < 1.29 is 14.3 Å². The largest absolute Gasteiger partial charge is 0.396 e. The lowest BCUT2D eigenvalue weighted by atomic mass is 10.1. The summed E-state index contributed by atoms with van der Waals surface area (Å²) >= 11 is 5.96. The highest BCUT2D eigenvalue weighted by molar-refractivity contribution is 6.32. The standard InChI is InChI=1S/C20H18ClFN4O3/c1-12-15(8-10-27)20(29)26(19(24-12)13-4-6-14(22)7-5-13)11-17(28)25-16-3-2-9-23-18(16)21/h2-7,9,27H,8,10-11H2,1H3,(H,25,28). The molecule has 29 heavy (non-hydrogen) atoms. The molecule has 0 unspecified atom stereocenters. The van der Waals surface area contributed by atoms with Crippen LogP contribution in [0, 0.1) is 12.7 Å². The Balaban J connectivity index is 2.03. The third-order valence-corrected chi connectivity index (χ3v) is 4.57. The first-order valence-electron chi connectivity index (χ1n) is 8.78. The molecule has 3 aromatic rings. The van der Waals surface area contributed by atoms with E-state index in [1.165, 1.54) is 35.0 Å². The molecule has 2 heterocycles. The van der Waals surface area contributed by atoms with E-state index in [4.69, 9.17) is 11.6 Å². The zero-order valence-electron chi connectivity index (χ0n) is 15.5. The van der Waals surface area contributed by atoms with E-state index in [0.29, 0.717) is 22.5 Å². The summed E-state index contributed by atoms with van der Waals surface area (Å²) in [5.74, 6) is -0.715. The SMILES string of the molecule is Cc1nc(-c2ccc(F)cc2)n(CC(=O)Nc2cccnc2Cl)c(=O)c1CCO. The van der Waals surface area contributed by atoms with Crippen LogP contribution >= 0.6 is 11.6 Å². The molecule has 0 aliphatic heterocycles. The number of aromatic nitrogens is 3. The van der Waals surface area contributed by atoms with Crippen LogP contribution in [0.2, 0.25) is 5.15 Å². The summed E-state index contributed by atoms with van der Waals surface area (Å²) in [5.41, 5.74) is 1.10. The van der Waals surface area contributed by atoms with Crippen molar-refractivity contribution in [2.24, 2.45) is 0 Å². The third-order valence-electron chi connectivity index (χ3n) is 4.27. The minimum Gasteiger partial charge on any atom is -0.396 e. The molecule has 1 aromatic carbocycles. The van der Waals surface area contributed by atoms with Crippen molar-refractivity contribution in [3.05, 3.63) is 75.2 Å². The summed E-state index contributed by atoms with van der Waals surface area (Å²) in [4.78, 5) is 33.9. The summed E-state index contributed by atoms with van der Waals surface area (Å²) in [7, 11) is 0. The molecule has 0 radical (unpaired) electrons. The van der Waals surface area contributed by atoms with Crippen molar-refractivity contribution in [1.29, 1.82) is 0 Å². The number of hydrogen-bond donors (Lipinski definition) is 2. The molecule has 0 bridgehead atoms. The van der Waals surface area contributed by atoms with Gasteiger partial charge in [0, 0.05) is 36.0 Å². The van der Waals surface area contributed by atoms with Crippen LogP contribution in [0.25, 0.3) is 11.4 Å². The van der Waals surface area contributed by atoms with Crippen LogP contribution in [0.4, 0.5) is 10.1 Å². The zero-order chi connectivity index (χ0) is 21.0. The fourth-order valence-electron chi connectivity index (χ4n) is 2.88. The topological polar surface area (TPSA) is 97.1 Å². The summed E-state index contributed by atoms with van der Waals surface area (Å²) in [6.07, 6.45) is 1.59. The van der Waals surface area contributed by atoms with Gasteiger partial charge in [-0.3, -0.25) is 14.2 Å². The molecule has 9 heteroatoms. The molecule has 150 valence electrons. The van der Waals surface area contributed by atoms with E-state index in [2.05, 4.69) is 15.3 Å². The van der Waals surface area contributed by atoms with Crippen LogP contribution in [0.15, 0.2) is 47.4 Å². The van der Waals surface area contributed by atoms with Gasteiger partial charge >= 0.3 is 0 Å². The first kappa shape index (κ1) is 20.6. The lowest BCUT2D eigenvalue weighted by molar-refractivity contribution is -0.116. The molecule has 1 amide bonds. The van der Waals surface area contributed by atoms with Gasteiger partial charge in [0.05, 0.1) is 5.69 Å². The number of carbonyl (C=O) groups is 1. The predicted octanol–water partition coefficient (Wildman–Crippen LogP) is 2.58. The Kier molecular flexibility index (Phi) is 6.36. The monoisotopic (exact) mass is 416 g/mol. The lowest BCUT2D eigenvalue weighted by Gasteiger charge is -2.16. The zero-order valence-corrected chi connectivity index (χ0v) is 16.3. The first-order valence-corrected chi connectivity index (χ1v) is 9.16. The number of aliphatic hydroxyl groups is 1. The Morgan fingerprint density at radius 1 is 1.28 bits per heavy atom. The minimum absolute atomic E-state index is 0.109. The number of amides is 1. The first-order chi connectivity index (χ1) is 13.9. The molecule has 0 spiro atoms. The average Bonchev–Trinajstić information content (AvgIpc) is 2.69. The van der Waals surface area contributed by atoms with Crippen molar-refractivity contribution in [2.45, 2.75) is 19.9 Å². The maximum absolute atomic E-state index is 13.3. The Hall–Kier alpha value is -3.10. The van der Waals surface area contributed by atoms with Crippen molar-refractivity contribution >= 4 is 23.2 Å². The van der Waals surface area contributed by atoms with Gasteiger partial charge in [-0.2, -0.15) is 0 Å². The Morgan fingerprint density at radius 3 is 2.66 bits per heavy atom. The molecular formula is C20H18ClFN4O3. The van der Waals surface area contributed by atoms with Crippen molar-refractivity contribution in [3.8, 4) is 11.4 Å². The summed E-state index contributed by atoms with van der Waals surface area (Å²) in [6, 6.07) is 8.66. The van der Waals surface area contributed by atoms with Gasteiger partial charge in [-0.1, -0.05) is 11.6 Å². The second-order valence-electron chi connectivity index (χ2n) is 6.26. The summed E-state index contributed by atoms with van der Waals surface area (Å²) < 4.78 is 14.5. The van der Waals surface area contributed by atoms with Crippen LogP contribution < -0.4 is 10.9 Å².